The highest BCUT2D eigenvalue weighted by Crippen LogP contribution is 2.40. The third-order valence-corrected chi connectivity index (χ3v) is 6.42. The van der Waals surface area contributed by atoms with Gasteiger partial charge in [0.15, 0.2) is 0 Å². The quantitative estimate of drug-likeness (QED) is 0.379. The number of allylic oxidation sites excluding steroid dienone is 1. The van der Waals surface area contributed by atoms with Crippen LogP contribution in [0, 0.1) is 27.7 Å². The number of carbonyl (C=O) groups excluding carboxylic acids is 3. The number of ether oxygens (including phenoxy) is 3. The zero-order valence-corrected chi connectivity index (χ0v) is 23.0. The average molecular weight is 510 g/mol. The summed E-state index contributed by atoms with van der Waals surface area (Å²) in [5.74, 6) is -1.31. The molecule has 37 heavy (non-hydrogen) atoms. The SMILES string of the molecule is CCOC(=O)C1=C(C)C(=C(c2[nH]c(C)c(C(=O)OCC)c2C)c2[nH]c(C)c(C(=O)OCC)c2C)N=C1C. The highest BCUT2D eigenvalue weighted by molar-refractivity contribution is 6.22. The van der Waals surface area contributed by atoms with Gasteiger partial charge in [-0.2, -0.15) is 0 Å². The van der Waals surface area contributed by atoms with Crippen LogP contribution in [0.5, 0.6) is 0 Å². The minimum absolute atomic E-state index is 0.241. The Kier molecular flexibility index (Phi) is 8.25. The van der Waals surface area contributed by atoms with Gasteiger partial charge in [-0.3, -0.25) is 4.99 Å². The number of nitrogens with one attached hydrogen (secondary N) is 2. The Morgan fingerprint density at radius 3 is 1.49 bits per heavy atom. The summed E-state index contributed by atoms with van der Waals surface area (Å²) in [4.78, 5) is 49.8. The lowest BCUT2D eigenvalue weighted by molar-refractivity contribution is -0.137. The van der Waals surface area contributed by atoms with Crippen molar-refractivity contribution < 1.29 is 28.6 Å². The molecule has 0 fully saturated rings. The van der Waals surface area contributed by atoms with Crippen LogP contribution in [-0.4, -0.2) is 53.4 Å². The first-order valence-electron chi connectivity index (χ1n) is 12.4. The van der Waals surface area contributed by atoms with E-state index in [9.17, 15) is 14.4 Å². The molecule has 2 aromatic rings. The van der Waals surface area contributed by atoms with Crippen LogP contribution in [0.25, 0.3) is 5.57 Å². The lowest BCUT2D eigenvalue weighted by Crippen LogP contribution is -2.13. The van der Waals surface area contributed by atoms with E-state index in [0.717, 1.165) is 0 Å². The van der Waals surface area contributed by atoms with Crippen molar-refractivity contribution in [2.45, 2.75) is 62.3 Å². The van der Waals surface area contributed by atoms with E-state index in [4.69, 9.17) is 19.2 Å². The molecule has 9 nitrogen and oxygen atoms in total. The fraction of sp³-hybridized carbons (Fsp3) is 0.429. The monoisotopic (exact) mass is 509 g/mol. The molecular formula is C28H35N3O6. The van der Waals surface area contributed by atoms with E-state index in [1.807, 2.05) is 20.8 Å². The van der Waals surface area contributed by atoms with Gasteiger partial charge >= 0.3 is 17.9 Å². The van der Waals surface area contributed by atoms with Gasteiger partial charge in [-0.05, 0) is 79.0 Å². The summed E-state index contributed by atoms with van der Waals surface area (Å²) in [5.41, 5.74) is 7.51. The maximum atomic E-state index is 12.8. The zero-order chi connectivity index (χ0) is 27.6. The minimum Gasteiger partial charge on any atom is -0.462 e. The molecular weight excluding hydrogens is 474 g/mol. The van der Waals surface area contributed by atoms with Gasteiger partial charge in [-0.1, -0.05) is 0 Å². The van der Waals surface area contributed by atoms with Crippen LogP contribution in [0.2, 0.25) is 0 Å². The number of H-pyrrole nitrogens is 2. The van der Waals surface area contributed by atoms with Crippen LogP contribution >= 0.6 is 0 Å². The number of nitrogens with zero attached hydrogens (tertiary/aromatic N) is 1. The summed E-state index contributed by atoms with van der Waals surface area (Å²) in [6, 6.07) is 0. The van der Waals surface area contributed by atoms with Crippen molar-refractivity contribution in [1.82, 2.24) is 9.97 Å². The molecule has 0 atom stereocenters. The van der Waals surface area contributed by atoms with Crippen LogP contribution in [0.4, 0.5) is 0 Å². The molecule has 3 rings (SSSR count). The van der Waals surface area contributed by atoms with Crippen molar-refractivity contribution in [3.8, 4) is 0 Å². The number of aromatic amines is 2. The molecule has 0 bridgehead atoms. The first-order valence-corrected chi connectivity index (χ1v) is 12.4. The van der Waals surface area contributed by atoms with E-state index in [-0.39, 0.29) is 19.8 Å². The van der Waals surface area contributed by atoms with E-state index in [1.54, 1.807) is 41.5 Å². The number of carbonyl (C=O) groups is 3. The second-order valence-corrected chi connectivity index (χ2v) is 8.83. The number of aryl methyl sites for hydroxylation is 2. The molecule has 0 amide bonds. The summed E-state index contributed by atoms with van der Waals surface area (Å²) in [6.07, 6.45) is 0. The van der Waals surface area contributed by atoms with Crippen LogP contribution in [0.15, 0.2) is 21.8 Å². The predicted octanol–water partition coefficient (Wildman–Crippen LogP) is 5.04. The Labute approximate surface area is 217 Å². The number of hydrogen-bond acceptors (Lipinski definition) is 7. The molecule has 198 valence electrons. The summed E-state index contributed by atoms with van der Waals surface area (Å²) < 4.78 is 15.9. The van der Waals surface area contributed by atoms with Gasteiger partial charge in [-0.25, -0.2) is 14.4 Å². The Bertz CT molecular complexity index is 1300. The molecule has 3 heterocycles. The lowest BCUT2D eigenvalue weighted by Gasteiger charge is -2.13. The molecule has 2 aromatic heterocycles. The van der Waals surface area contributed by atoms with Gasteiger partial charge in [0, 0.05) is 17.0 Å². The predicted molar refractivity (Wildman–Crippen MR) is 141 cm³/mol. The van der Waals surface area contributed by atoms with Gasteiger partial charge in [0.2, 0.25) is 0 Å². The van der Waals surface area contributed by atoms with E-state index >= 15 is 0 Å². The van der Waals surface area contributed by atoms with Gasteiger partial charge in [0.05, 0.1) is 59.3 Å². The largest absolute Gasteiger partial charge is 0.462 e. The highest BCUT2D eigenvalue weighted by atomic mass is 16.5. The molecule has 1 aliphatic heterocycles. The molecule has 0 unspecified atom stereocenters. The number of aliphatic imine (C=N–C) groups is 1. The molecule has 0 spiro atoms. The standard InChI is InChI=1S/C28H35N3O6/c1-10-35-26(32)19-13(4)23(29-16(19)7)22(24-14(5)20(17(8)30-24)27(33)36-11-2)25-15(6)21(18(9)31-25)28(34)37-12-3/h29-30H,10-12H2,1-9H3. The molecule has 0 radical (unpaired) electrons. The van der Waals surface area contributed by atoms with Crippen molar-refractivity contribution in [2.24, 2.45) is 4.99 Å². The van der Waals surface area contributed by atoms with Gasteiger partial charge in [0.25, 0.3) is 0 Å². The molecule has 9 heteroatoms. The van der Waals surface area contributed by atoms with Crippen molar-refractivity contribution in [1.29, 1.82) is 0 Å². The number of aromatic nitrogens is 2. The molecule has 0 aliphatic carbocycles. The van der Waals surface area contributed by atoms with Gasteiger partial charge in [0.1, 0.15) is 0 Å². The normalized spacial score (nSPS) is 13.1. The van der Waals surface area contributed by atoms with Crippen LogP contribution in [0.3, 0.4) is 0 Å². The summed E-state index contributed by atoms with van der Waals surface area (Å²) in [7, 11) is 0. The molecule has 0 saturated heterocycles. The summed E-state index contributed by atoms with van der Waals surface area (Å²) >= 11 is 0. The van der Waals surface area contributed by atoms with Crippen LogP contribution in [-0.2, 0) is 19.0 Å². The highest BCUT2D eigenvalue weighted by Gasteiger charge is 2.33. The second-order valence-electron chi connectivity index (χ2n) is 8.83. The number of esters is 3. The van der Waals surface area contributed by atoms with Gasteiger partial charge < -0.3 is 24.2 Å². The van der Waals surface area contributed by atoms with Crippen molar-refractivity contribution in [2.75, 3.05) is 19.8 Å². The topological polar surface area (TPSA) is 123 Å². The first-order chi connectivity index (χ1) is 17.5. The maximum absolute atomic E-state index is 12.8. The Balaban J connectivity index is 2.41. The van der Waals surface area contributed by atoms with E-state index in [1.165, 1.54) is 0 Å². The smallest absolute Gasteiger partial charge is 0.340 e. The first kappa shape index (κ1) is 27.7. The van der Waals surface area contributed by atoms with Crippen LogP contribution in [0.1, 0.15) is 89.2 Å². The molecule has 1 aliphatic rings. The summed E-state index contributed by atoms with van der Waals surface area (Å²) in [6.45, 7) is 16.8. The molecule has 0 saturated carbocycles. The lowest BCUT2D eigenvalue weighted by atomic mass is 9.94. The van der Waals surface area contributed by atoms with Crippen molar-refractivity contribution >= 4 is 29.2 Å². The van der Waals surface area contributed by atoms with Gasteiger partial charge in [-0.15, -0.1) is 0 Å². The fourth-order valence-corrected chi connectivity index (χ4v) is 4.83. The van der Waals surface area contributed by atoms with Crippen LogP contribution < -0.4 is 0 Å². The van der Waals surface area contributed by atoms with E-state index in [2.05, 4.69) is 9.97 Å². The third-order valence-electron chi connectivity index (χ3n) is 6.42. The molecule has 0 aromatic carbocycles. The van der Waals surface area contributed by atoms with Crippen molar-refractivity contribution in [3.63, 3.8) is 0 Å². The zero-order valence-electron chi connectivity index (χ0n) is 23.0. The Morgan fingerprint density at radius 1 is 0.676 bits per heavy atom. The second kappa shape index (κ2) is 11.0. The number of hydrogen-bond donors (Lipinski definition) is 2. The molecule has 2 N–H and O–H groups in total. The Hall–Kier alpha value is -3.88. The van der Waals surface area contributed by atoms with E-state index < -0.39 is 17.9 Å². The third kappa shape index (κ3) is 4.90. The Morgan fingerprint density at radius 2 is 1.08 bits per heavy atom. The van der Waals surface area contributed by atoms with Crippen molar-refractivity contribution in [3.05, 3.63) is 61.9 Å². The number of rotatable bonds is 8. The average Bonchev–Trinajstić information content (AvgIpc) is 3.39. The van der Waals surface area contributed by atoms with E-state index in [0.29, 0.717) is 73.2 Å². The maximum Gasteiger partial charge on any atom is 0.340 e. The minimum atomic E-state index is -0.450. The fourth-order valence-electron chi connectivity index (χ4n) is 4.83. The summed E-state index contributed by atoms with van der Waals surface area (Å²) in [5, 5.41) is 0.